The van der Waals surface area contributed by atoms with E-state index in [4.69, 9.17) is 10.5 Å². The molecule has 23 heavy (non-hydrogen) atoms. The molecule has 1 fully saturated rings. The van der Waals surface area contributed by atoms with Gasteiger partial charge in [0.05, 0.1) is 6.10 Å². The molecular weight excluding hydrogens is 294 g/mol. The van der Waals surface area contributed by atoms with E-state index >= 15 is 0 Å². The number of nitrogens with one attached hydrogen (secondary N) is 1. The number of carbonyl (C=O) groups excluding carboxylic acids is 2. The maximum atomic E-state index is 12.3. The van der Waals surface area contributed by atoms with E-state index in [1.165, 1.54) is 11.1 Å². The van der Waals surface area contributed by atoms with Gasteiger partial charge in [-0.3, -0.25) is 4.79 Å². The Kier molecular flexibility index (Phi) is 4.81. The molecule has 0 unspecified atom stereocenters. The molecule has 2 heterocycles. The van der Waals surface area contributed by atoms with E-state index in [0.717, 1.165) is 32.4 Å². The van der Waals surface area contributed by atoms with E-state index in [9.17, 15) is 9.59 Å². The van der Waals surface area contributed by atoms with Crippen molar-refractivity contribution in [3.63, 3.8) is 0 Å². The second-order valence-electron chi connectivity index (χ2n) is 6.17. The standard InChI is InChI=1S/C17H23N3O3/c18-16(21)15-6-5-14(23-15)11-19-17(22)20-9-7-12-3-1-2-4-13(12)8-10-20/h1-4,14-15H,5-11H2,(H2,18,21)(H,19,22)/t14-,15-/m1/s1. The minimum absolute atomic E-state index is 0.0658. The molecule has 6 heteroatoms. The topological polar surface area (TPSA) is 84.7 Å². The maximum absolute atomic E-state index is 12.3. The van der Waals surface area contributed by atoms with Gasteiger partial charge in [0.15, 0.2) is 0 Å². The largest absolute Gasteiger partial charge is 0.367 e. The van der Waals surface area contributed by atoms with Crippen molar-refractivity contribution in [3.05, 3.63) is 35.4 Å². The zero-order chi connectivity index (χ0) is 16.2. The zero-order valence-corrected chi connectivity index (χ0v) is 13.2. The number of hydrogen-bond donors (Lipinski definition) is 2. The molecule has 2 aliphatic heterocycles. The number of amides is 3. The van der Waals surface area contributed by atoms with Crippen molar-refractivity contribution in [2.75, 3.05) is 19.6 Å². The molecule has 1 aromatic carbocycles. The average Bonchev–Trinajstić information content (AvgIpc) is 2.92. The number of nitrogens with two attached hydrogens (primary N) is 1. The number of hydrogen-bond acceptors (Lipinski definition) is 3. The van der Waals surface area contributed by atoms with Gasteiger partial charge in [-0.1, -0.05) is 24.3 Å². The van der Waals surface area contributed by atoms with E-state index in [-0.39, 0.29) is 12.1 Å². The van der Waals surface area contributed by atoms with Gasteiger partial charge < -0.3 is 20.7 Å². The van der Waals surface area contributed by atoms with Gasteiger partial charge in [-0.25, -0.2) is 4.79 Å². The second kappa shape index (κ2) is 7.00. The lowest BCUT2D eigenvalue weighted by molar-refractivity contribution is -0.128. The highest BCUT2D eigenvalue weighted by molar-refractivity contribution is 5.79. The van der Waals surface area contributed by atoms with E-state index in [1.807, 2.05) is 17.0 Å². The quantitative estimate of drug-likeness (QED) is 0.866. The molecule has 3 rings (SSSR count). The Balaban J connectivity index is 1.47. The summed E-state index contributed by atoms with van der Waals surface area (Å²) in [4.78, 5) is 25.3. The minimum Gasteiger partial charge on any atom is -0.367 e. The zero-order valence-electron chi connectivity index (χ0n) is 13.2. The maximum Gasteiger partial charge on any atom is 0.317 e. The highest BCUT2D eigenvalue weighted by atomic mass is 16.5. The van der Waals surface area contributed by atoms with Crippen molar-refractivity contribution < 1.29 is 14.3 Å². The molecule has 0 saturated carbocycles. The fourth-order valence-electron chi connectivity index (χ4n) is 3.25. The fraction of sp³-hybridized carbons (Fsp3) is 0.529. The minimum atomic E-state index is -0.510. The second-order valence-corrected chi connectivity index (χ2v) is 6.17. The van der Waals surface area contributed by atoms with Crippen LogP contribution in [-0.4, -0.2) is 48.7 Å². The molecule has 3 N–H and O–H groups in total. The smallest absolute Gasteiger partial charge is 0.317 e. The summed E-state index contributed by atoms with van der Waals surface area (Å²) < 4.78 is 5.53. The summed E-state index contributed by atoms with van der Waals surface area (Å²) in [5, 5.41) is 2.92. The molecule has 0 spiro atoms. The van der Waals surface area contributed by atoms with Crippen molar-refractivity contribution in [1.29, 1.82) is 0 Å². The lowest BCUT2D eigenvalue weighted by Crippen LogP contribution is -2.44. The van der Waals surface area contributed by atoms with Crippen molar-refractivity contribution in [1.82, 2.24) is 10.2 Å². The Morgan fingerprint density at radius 2 is 1.83 bits per heavy atom. The third-order valence-electron chi connectivity index (χ3n) is 4.61. The molecular formula is C17H23N3O3. The van der Waals surface area contributed by atoms with Crippen LogP contribution in [0.1, 0.15) is 24.0 Å². The predicted octanol–water partition coefficient (Wildman–Crippen LogP) is 0.830. The van der Waals surface area contributed by atoms with Crippen molar-refractivity contribution in [2.45, 2.75) is 37.9 Å². The molecule has 2 aliphatic rings. The Hall–Kier alpha value is -2.08. The monoisotopic (exact) mass is 317 g/mol. The van der Waals surface area contributed by atoms with Gasteiger partial charge in [-0.2, -0.15) is 0 Å². The number of urea groups is 1. The third-order valence-corrected chi connectivity index (χ3v) is 4.61. The Morgan fingerprint density at radius 1 is 1.17 bits per heavy atom. The molecule has 1 saturated heterocycles. The van der Waals surface area contributed by atoms with E-state index in [0.29, 0.717) is 13.0 Å². The van der Waals surface area contributed by atoms with Crippen LogP contribution in [0.3, 0.4) is 0 Å². The van der Waals surface area contributed by atoms with Gasteiger partial charge in [0.2, 0.25) is 5.91 Å². The number of rotatable bonds is 3. The number of ether oxygens (including phenoxy) is 1. The van der Waals surface area contributed by atoms with Gasteiger partial charge >= 0.3 is 6.03 Å². The number of fused-ring (bicyclic) bond motifs is 1. The predicted molar refractivity (Wildman–Crippen MR) is 85.9 cm³/mol. The average molecular weight is 317 g/mol. The molecule has 0 radical (unpaired) electrons. The summed E-state index contributed by atoms with van der Waals surface area (Å²) in [6, 6.07) is 8.28. The summed E-state index contributed by atoms with van der Waals surface area (Å²) >= 11 is 0. The summed E-state index contributed by atoms with van der Waals surface area (Å²) in [6.07, 6.45) is 2.51. The fourth-order valence-corrected chi connectivity index (χ4v) is 3.25. The first-order valence-electron chi connectivity index (χ1n) is 8.18. The van der Waals surface area contributed by atoms with Crippen LogP contribution in [0.25, 0.3) is 0 Å². The van der Waals surface area contributed by atoms with Crippen LogP contribution >= 0.6 is 0 Å². The normalized spacial score (nSPS) is 23.9. The molecule has 2 atom stereocenters. The summed E-state index contributed by atoms with van der Waals surface area (Å²) in [5.41, 5.74) is 7.88. The lowest BCUT2D eigenvalue weighted by Gasteiger charge is -2.22. The van der Waals surface area contributed by atoms with Crippen LogP contribution in [0, 0.1) is 0 Å². The molecule has 3 amide bonds. The Morgan fingerprint density at radius 3 is 2.39 bits per heavy atom. The van der Waals surface area contributed by atoms with E-state index < -0.39 is 12.0 Å². The number of benzene rings is 1. The molecule has 124 valence electrons. The Bertz CT molecular complexity index is 563. The first-order chi connectivity index (χ1) is 11.1. The Labute approximate surface area is 136 Å². The summed E-state index contributed by atoms with van der Waals surface area (Å²) in [7, 11) is 0. The van der Waals surface area contributed by atoms with Gasteiger partial charge in [0.25, 0.3) is 0 Å². The SMILES string of the molecule is NC(=O)[C@H]1CC[C@H](CNC(=O)N2CCc3ccccc3CC2)O1. The molecule has 0 bridgehead atoms. The van der Waals surface area contributed by atoms with Crippen LogP contribution < -0.4 is 11.1 Å². The van der Waals surface area contributed by atoms with E-state index in [2.05, 4.69) is 17.4 Å². The first kappa shape index (κ1) is 15.8. The lowest BCUT2D eigenvalue weighted by atomic mass is 10.0. The van der Waals surface area contributed by atoms with Crippen molar-refractivity contribution in [2.24, 2.45) is 5.73 Å². The van der Waals surface area contributed by atoms with Gasteiger partial charge in [0, 0.05) is 19.6 Å². The first-order valence-corrected chi connectivity index (χ1v) is 8.18. The molecule has 6 nitrogen and oxygen atoms in total. The van der Waals surface area contributed by atoms with Crippen molar-refractivity contribution >= 4 is 11.9 Å². The van der Waals surface area contributed by atoms with E-state index in [1.54, 1.807) is 0 Å². The third kappa shape index (κ3) is 3.82. The summed E-state index contributed by atoms with van der Waals surface area (Å²) in [5.74, 6) is -0.427. The molecule has 0 aromatic heterocycles. The van der Waals surface area contributed by atoms with Crippen LogP contribution in [0.5, 0.6) is 0 Å². The van der Waals surface area contributed by atoms with Gasteiger partial charge in [-0.05, 0) is 36.8 Å². The van der Waals surface area contributed by atoms with Gasteiger partial charge in [0.1, 0.15) is 6.10 Å². The summed E-state index contributed by atoms with van der Waals surface area (Å²) in [6.45, 7) is 1.86. The van der Waals surface area contributed by atoms with Crippen LogP contribution in [0.15, 0.2) is 24.3 Å². The number of carbonyl (C=O) groups is 2. The van der Waals surface area contributed by atoms with Crippen LogP contribution in [0.2, 0.25) is 0 Å². The number of primary amides is 1. The highest BCUT2D eigenvalue weighted by Crippen LogP contribution is 2.19. The van der Waals surface area contributed by atoms with Gasteiger partial charge in [-0.15, -0.1) is 0 Å². The number of nitrogens with zero attached hydrogens (tertiary/aromatic N) is 1. The highest BCUT2D eigenvalue weighted by Gasteiger charge is 2.29. The van der Waals surface area contributed by atoms with Crippen LogP contribution in [0.4, 0.5) is 4.79 Å². The molecule has 0 aliphatic carbocycles. The van der Waals surface area contributed by atoms with Crippen LogP contribution in [-0.2, 0) is 22.4 Å². The van der Waals surface area contributed by atoms with Crippen molar-refractivity contribution in [3.8, 4) is 0 Å². The molecule has 1 aromatic rings.